The largest absolute Gasteiger partial charge is 0.496 e. The molecule has 1 aromatic carbocycles. The molecule has 1 heterocycles. The lowest BCUT2D eigenvalue weighted by Gasteiger charge is -2.26. The van der Waals surface area contributed by atoms with Gasteiger partial charge >= 0.3 is 0 Å². The van der Waals surface area contributed by atoms with Crippen LogP contribution in [0.2, 0.25) is 0 Å². The quantitative estimate of drug-likeness (QED) is 0.732. The molecule has 0 aromatic heterocycles. The van der Waals surface area contributed by atoms with Crippen LogP contribution in [0.4, 0.5) is 0 Å². The molecule has 22 heavy (non-hydrogen) atoms. The molecule has 1 fully saturated rings. The summed E-state index contributed by atoms with van der Waals surface area (Å²) in [6, 6.07) is 7.76. The van der Waals surface area contributed by atoms with Crippen LogP contribution in [-0.2, 0) is 11.2 Å². The maximum Gasteiger partial charge on any atom is 0.226 e. The Morgan fingerprint density at radius 1 is 1.41 bits per heavy atom. The average molecular weight is 306 g/mol. The number of ether oxygens (including phenoxy) is 1. The van der Waals surface area contributed by atoms with Gasteiger partial charge in [0.1, 0.15) is 5.75 Å². The molecule has 0 bridgehead atoms. The van der Waals surface area contributed by atoms with Gasteiger partial charge in [0.15, 0.2) is 0 Å². The van der Waals surface area contributed by atoms with Gasteiger partial charge in [0, 0.05) is 31.0 Å². The van der Waals surface area contributed by atoms with Gasteiger partial charge in [-0.25, -0.2) is 0 Å². The maximum atomic E-state index is 12.5. The van der Waals surface area contributed by atoms with E-state index < -0.39 is 5.41 Å². The highest BCUT2D eigenvalue weighted by molar-refractivity contribution is 5.82. The van der Waals surface area contributed by atoms with E-state index in [0.717, 1.165) is 17.9 Å². The van der Waals surface area contributed by atoms with Crippen LogP contribution in [-0.4, -0.2) is 43.9 Å². The zero-order valence-corrected chi connectivity index (χ0v) is 13.6. The molecular formula is C17H26N2O3. The molecule has 2 rings (SSSR count). The molecule has 0 saturated carbocycles. The Labute approximate surface area is 132 Å². The normalized spacial score (nSPS) is 21.6. The second-order valence-corrected chi connectivity index (χ2v) is 6.57. The molecule has 2 atom stereocenters. The number of rotatable bonds is 6. The van der Waals surface area contributed by atoms with E-state index in [1.165, 1.54) is 0 Å². The molecule has 0 spiro atoms. The standard InChI is InChI=1S/C17H26N2O3/c1-17(2,8-12-6-4-5-7-15(12)22-3)16(21)19-10-13-9-18-11-14(13)20/h4-7,13-14,18,20H,8-11H2,1-3H3,(H,19,21). The van der Waals surface area contributed by atoms with Crippen LogP contribution in [0.1, 0.15) is 19.4 Å². The zero-order chi connectivity index (χ0) is 16.2. The van der Waals surface area contributed by atoms with Crippen LogP contribution in [0.15, 0.2) is 24.3 Å². The van der Waals surface area contributed by atoms with Gasteiger partial charge in [-0.2, -0.15) is 0 Å². The van der Waals surface area contributed by atoms with Crippen molar-refractivity contribution in [2.24, 2.45) is 11.3 Å². The summed E-state index contributed by atoms with van der Waals surface area (Å²) in [4.78, 5) is 12.5. The molecule has 2 unspecified atom stereocenters. The maximum absolute atomic E-state index is 12.5. The number of aliphatic hydroxyl groups excluding tert-OH is 1. The van der Waals surface area contributed by atoms with E-state index in [-0.39, 0.29) is 17.9 Å². The van der Waals surface area contributed by atoms with Gasteiger partial charge in [0.2, 0.25) is 5.91 Å². The van der Waals surface area contributed by atoms with E-state index in [1.54, 1.807) is 7.11 Å². The Kier molecular flexibility index (Phi) is 5.42. The number of hydrogen-bond donors (Lipinski definition) is 3. The molecule has 0 aliphatic carbocycles. The molecule has 1 aliphatic heterocycles. The van der Waals surface area contributed by atoms with E-state index in [2.05, 4.69) is 10.6 Å². The summed E-state index contributed by atoms with van der Waals surface area (Å²) in [5.41, 5.74) is 0.485. The summed E-state index contributed by atoms with van der Waals surface area (Å²) in [5, 5.41) is 15.9. The van der Waals surface area contributed by atoms with Gasteiger partial charge in [-0.3, -0.25) is 4.79 Å². The monoisotopic (exact) mass is 306 g/mol. The van der Waals surface area contributed by atoms with Crippen molar-refractivity contribution in [1.82, 2.24) is 10.6 Å². The number of carbonyl (C=O) groups is 1. The first-order valence-corrected chi connectivity index (χ1v) is 7.73. The van der Waals surface area contributed by atoms with Gasteiger partial charge in [-0.1, -0.05) is 32.0 Å². The van der Waals surface area contributed by atoms with E-state index in [9.17, 15) is 9.90 Å². The second kappa shape index (κ2) is 7.11. The van der Waals surface area contributed by atoms with Crippen LogP contribution in [0.25, 0.3) is 0 Å². The highest BCUT2D eigenvalue weighted by Gasteiger charge is 2.31. The Balaban J connectivity index is 1.95. The summed E-state index contributed by atoms with van der Waals surface area (Å²) >= 11 is 0. The highest BCUT2D eigenvalue weighted by atomic mass is 16.5. The van der Waals surface area contributed by atoms with Crippen LogP contribution >= 0.6 is 0 Å². The van der Waals surface area contributed by atoms with Crippen molar-refractivity contribution in [2.75, 3.05) is 26.7 Å². The van der Waals surface area contributed by atoms with Crippen LogP contribution < -0.4 is 15.4 Å². The van der Waals surface area contributed by atoms with Crippen molar-refractivity contribution in [3.63, 3.8) is 0 Å². The van der Waals surface area contributed by atoms with Gasteiger partial charge in [-0.15, -0.1) is 0 Å². The summed E-state index contributed by atoms with van der Waals surface area (Å²) in [7, 11) is 1.64. The Morgan fingerprint density at radius 3 is 2.77 bits per heavy atom. The fourth-order valence-electron chi connectivity index (χ4n) is 2.80. The van der Waals surface area contributed by atoms with Crippen molar-refractivity contribution in [2.45, 2.75) is 26.4 Å². The zero-order valence-electron chi connectivity index (χ0n) is 13.6. The van der Waals surface area contributed by atoms with E-state index in [1.807, 2.05) is 38.1 Å². The van der Waals surface area contributed by atoms with Gasteiger partial charge in [0.25, 0.3) is 0 Å². The Morgan fingerprint density at radius 2 is 2.14 bits per heavy atom. The summed E-state index contributed by atoms with van der Waals surface area (Å²) in [6.07, 6.45) is 0.228. The Bertz CT molecular complexity index is 516. The SMILES string of the molecule is COc1ccccc1CC(C)(C)C(=O)NCC1CNCC1O. The van der Waals surface area contributed by atoms with Crippen LogP contribution in [0.3, 0.4) is 0 Å². The minimum atomic E-state index is -0.536. The lowest BCUT2D eigenvalue weighted by atomic mass is 9.84. The fourth-order valence-corrected chi connectivity index (χ4v) is 2.80. The van der Waals surface area contributed by atoms with Gasteiger partial charge < -0.3 is 20.5 Å². The van der Waals surface area contributed by atoms with Gasteiger partial charge in [0.05, 0.1) is 13.2 Å². The van der Waals surface area contributed by atoms with Crippen LogP contribution in [0.5, 0.6) is 5.75 Å². The molecule has 5 nitrogen and oxygen atoms in total. The Hall–Kier alpha value is -1.59. The van der Waals surface area contributed by atoms with E-state index in [4.69, 9.17) is 4.74 Å². The number of nitrogens with one attached hydrogen (secondary N) is 2. The lowest BCUT2D eigenvalue weighted by Crippen LogP contribution is -2.42. The fraction of sp³-hybridized carbons (Fsp3) is 0.588. The van der Waals surface area contributed by atoms with Crippen molar-refractivity contribution >= 4 is 5.91 Å². The second-order valence-electron chi connectivity index (χ2n) is 6.57. The molecule has 5 heteroatoms. The highest BCUT2D eigenvalue weighted by Crippen LogP contribution is 2.28. The number of hydrogen-bond acceptors (Lipinski definition) is 4. The molecule has 122 valence electrons. The minimum Gasteiger partial charge on any atom is -0.496 e. The molecule has 0 radical (unpaired) electrons. The number of β-amino-alcohol motifs (C(OH)–C–C–N with tert-alkyl or cyclic N) is 1. The molecule has 3 N–H and O–H groups in total. The van der Waals surface area contributed by atoms with Crippen molar-refractivity contribution in [3.8, 4) is 5.75 Å². The number of para-hydroxylation sites is 1. The summed E-state index contributed by atoms with van der Waals surface area (Å²) in [6.45, 7) is 5.71. The van der Waals surface area contributed by atoms with Crippen molar-refractivity contribution < 1.29 is 14.6 Å². The minimum absolute atomic E-state index is 0.00231. The van der Waals surface area contributed by atoms with Gasteiger partial charge in [-0.05, 0) is 18.1 Å². The number of amides is 1. The predicted octanol–water partition coefficient (Wildman–Crippen LogP) is 0.960. The third kappa shape index (κ3) is 3.99. The van der Waals surface area contributed by atoms with E-state index >= 15 is 0 Å². The first-order valence-electron chi connectivity index (χ1n) is 7.73. The van der Waals surface area contributed by atoms with E-state index in [0.29, 0.717) is 19.5 Å². The topological polar surface area (TPSA) is 70.6 Å². The average Bonchev–Trinajstić information content (AvgIpc) is 2.90. The molecular weight excluding hydrogens is 280 g/mol. The number of carbonyl (C=O) groups excluding carboxylic acids is 1. The predicted molar refractivity (Wildman–Crippen MR) is 85.9 cm³/mol. The molecule has 1 amide bonds. The number of benzene rings is 1. The summed E-state index contributed by atoms with van der Waals surface area (Å²) in [5.74, 6) is 0.891. The molecule has 1 aromatic rings. The smallest absolute Gasteiger partial charge is 0.226 e. The first kappa shape index (κ1) is 16.8. The number of methoxy groups -OCH3 is 1. The van der Waals surface area contributed by atoms with Crippen molar-refractivity contribution in [3.05, 3.63) is 29.8 Å². The third-order valence-electron chi connectivity index (χ3n) is 4.27. The lowest BCUT2D eigenvalue weighted by molar-refractivity contribution is -0.129. The first-order chi connectivity index (χ1) is 10.4. The van der Waals surface area contributed by atoms with Crippen molar-refractivity contribution in [1.29, 1.82) is 0 Å². The molecule has 1 saturated heterocycles. The molecule has 1 aliphatic rings. The third-order valence-corrected chi connectivity index (χ3v) is 4.27. The number of aliphatic hydroxyl groups is 1. The summed E-state index contributed by atoms with van der Waals surface area (Å²) < 4.78 is 5.35. The van der Waals surface area contributed by atoms with Crippen LogP contribution in [0, 0.1) is 11.3 Å².